The van der Waals surface area contributed by atoms with Gasteiger partial charge in [0.1, 0.15) is 11.6 Å². The van der Waals surface area contributed by atoms with Gasteiger partial charge in [0.05, 0.1) is 18.1 Å². The molecule has 0 aliphatic rings. The van der Waals surface area contributed by atoms with E-state index in [4.69, 9.17) is 0 Å². The minimum Gasteiger partial charge on any atom is -0.373 e. The van der Waals surface area contributed by atoms with E-state index in [0.717, 1.165) is 33.3 Å². The largest absolute Gasteiger partial charge is 0.373 e. The van der Waals surface area contributed by atoms with E-state index in [9.17, 15) is 0 Å². The molecule has 2 aromatic rings. The summed E-state index contributed by atoms with van der Waals surface area (Å²) in [5, 5.41) is 8.39. The summed E-state index contributed by atoms with van der Waals surface area (Å²) in [4.78, 5) is 13.1. The van der Waals surface area contributed by atoms with Crippen LogP contribution in [0.15, 0.2) is 31.2 Å². The summed E-state index contributed by atoms with van der Waals surface area (Å²) in [5.74, 6) is 1.57. The highest BCUT2D eigenvalue weighted by atomic mass is 15.0. The third-order valence-corrected chi connectivity index (χ3v) is 3.27. The molecule has 0 aromatic carbocycles. The molecule has 0 unspecified atom stereocenters. The maximum atomic E-state index is 4.56. The number of nitrogens with zero attached hydrogens (tertiary/aromatic N) is 3. The van der Waals surface area contributed by atoms with Crippen molar-refractivity contribution in [2.24, 2.45) is 0 Å². The van der Waals surface area contributed by atoms with Gasteiger partial charge in [-0.3, -0.25) is 4.98 Å². The Kier molecular flexibility index (Phi) is 5.46. The number of pyridine rings is 1. The maximum absolute atomic E-state index is 4.56. The van der Waals surface area contributed by atoms with Crippen LogP contribution in [0.1, 0.15) is 26.5 Å². The first-order valence-electron chi connectivity index (χ1n) is 7.63. The fourth-order valence-electron chi connectivity index (χ4n) is 2.13. The zero-order chi connectivity index (χ0) is 16.8. The molecule has 2 heterocycles. The number of anilines is 2. The number of hydrogen-bond donors (Lipinski definition) is 2. The van der Waals surface area contributed by atoms with E-state index in [0.29, 0.717) is 6.04 Å². The van der Waals surface area contributed by atoms with Gasteiger partial charge >= 0.3 is 0 Å². The number of hydrogen-bond acceptors (Lipinski definition) is 5. The lowest BCUT2D eigenvalue weighted by atomic mass is 10.1. The Bertz CT molecular complexity index is 808. The first-order valence-corrected chi connectivity index (χ1v) is 7.63. The molecule has 2 rings (SSSR count). The lowest BCUT2D eigenvalue weighted by Gasteiger charge is -2.09. The molecule has 2 aromatic heterocycles. The van der Waals surface area contributed by atoms with Gasteiger partial charge < -0.3 is 10.6 Å². The SMILES string of the molecule is C=C(/C=c1/cc(NC)nc/c1=C/C)c1cncc(NC(C)C)n1. The zero-order valence-corrected chi connectivity index (χ0v) is 14.1. The van der Waals surface area contributed by atoms with E-state index in [2.05, 4.69) is 46.0 Å². The first kappa shape index (κ1) is 16.7. The summed E-state index contributed by atoms with van der Waals surface area (Å²) >= 11 is 0. The molecule has 23 heavy (non-hydrogen) atoms. The molecule has 0 saturated carbocycles. The van der Waals surface area contributed by atoms with Gasteiger partial charge in [-0.1, -0.05) is 12.7 Å². The Morgan fingerprint density at radius 1 is 1.17 bits per heavy atom. The second-order valence-electron chi connectivity index (χ2n) is 5.50. The molecule has 0 aliphatic heterocycles. The topological polar surface area (TPSA) is 62.7 Å². The van der Waals surface area contributed by atoms with Crippen LogP contribution < -0.4 is 21.1 Å². The van der Waals surface area contributed by atoms with Crippen molar-refractivity contribution in [3.63, 3.8) is 0 Å². The summed E-state index contributed by atoms with van der Waals surface area (Å²) in [6.45, 7) is 10.2. The fraction of sp³-hybridized carbons (Fsp3) is 0.278. The van der Waals surface area contributed by atoms with Crippen molar-refractivity contribution in [1.82, 2.24) is 15.0 Å². The van der Waals surface area contributed by atoms with Crippen molar-refractivity contribution in [3.8, 4) is 0 Å². The Hall–Kier alpha value is -2.69. The number of aromatic nitrogens is 3. The van der Waals surface area contributed by atoms with Crippen LogP contribution in [0.3, 0.4) is 0 Å². The third kappa shape index (κ3) is 4.39. The second-order valence-corrected chi connectivity index (χ2v) is 5.50. The number of rotatable bonds is 5. The van der Waals surface area contributed by atoms with Crippen molar-refractivity contribution in [2.75, 3.05) is 17.7 Å². The van der Waals surface area contributed by atoms with E-state index in [1.165, 1.54) is 0 Å². The molecule has 5 nitrogen and oxygen atoms in total. The molecular formula is C18H23N5. The molecule has 2 N–H and O–H groups in total. The quantitative estimate of drug-likeness (QED) is 0.885. The Labute approximate surface area is 136 Å². The van der Waals surface area contributed by atoms with Crippen LogP contribution >= 0.6 is 0 Å². The van der Waals surface area contributed by atoms with Gasteiger partial charge in [-0.05, 0) is 48.9 Å². The van der Waals surface area contributed by atoms with Crippen LogP contribution in [0.5, 0.6) is 0 Å². The average molecular weight is 309 g/mol. The standard InChI is InChI=1S/C18H23N5/c1-6-14-9-21-17(19-5)8-15(14)7-13(4)16-10-20-11-18(23-16)22-12(2)3/h6-12,19H,4H2,1-3,5H3,(H,22,23)/b14-6-,15-7-. The van der Waals surface area contributed by atoms with E-state index >= 15 is 0 Å². The summed E-state index contributed by atoms with van der Waals surface area (Å²) in [5.41, 5.74) is 1.56. The smallest absolute Gasteiger partial charge is 0.145 e. The van der Waals surface area contributed by atoms with Crippen LogP contribution in [0.2, 0.25) is 0 Å². The van der Waals surface area contributed by atoms with Crippen molar-refractivity contribution in [3.05, 3.63) is 47.4 Å². The second kappa shape index (κ2) is 7.54. The van der Waals surface area contributed by atoms with Crippen molar-refractivity contribution in [2.45, 2.75) is 26.8 Å². The number of allylic oxidation sites excluding steroid dienone is 1. The fourth-order valence-corrected chi connectivity index (χ4v) is 2.13. The zero-order valence-electron chi connectivity index (χ0n) is 14.1. The van der Waals surface area contributed by atoms with Crippen molar-refractivity contribution >= 4 is 29.4 Å². The molecule has 0 spiro atoms. The van der Waals surface area contributed by atoms with E-state index in [-0.39, 0.29) is 0 Å². The minimum atomic E-state index is 0.302. The summed E-state index contributed by atoms with van der Waals surface area (Å²) < 4.78 is 0. The normalized spacial score (nSPS) is 12.6. The molecule has 0 radical (unpaired) electrons. The lowest BCUT2D eigenvalue weighted by molar-refractivity contribution is 0.884. The summed E-state index contributed by atoms with van der Waals surface area (Å²) in [6, 6.07) is 2.29. The van der Waals surface area contributed by atoms with Crippen LogP contribution in [0.25, 0.3) is 17.7 Å². The highest BCUT2D eigenvalue weighted by Gasteiger charge is 2.03. The third-order valence-electron chi connectivity index (χ3n) is 3.27. The predicted molar refractivity (Wildman–Crippen MR) is 97.5 cm³/mol. The van der Waals surface area contributed by atoms with Gasteiger partial charge in [-0.25, -0.2) is 9.97 Å². The van der Waals surface area contributed by atoms with E-state index in [1.54, 1.807) is 12.4 Å². The molecule has 0 aliphatic carbocycles. The van der Waals surface area contributed by atoms with Gasteiger partial charge in [0.25, 0.3) is 0 Å². The van der Waals surface area contributed by atoms with Crippen LogP contribution in [0, 0.1) is 0 Å². The molecule has 0 amide bonds. The number of nitrogens with one attached hydrogen (secondary N) is 2. The van der Waals surface area contributed by atoms with Gasteiger partial charge in [-0.15, -0.1) is 0 Å². The molecule has 120 valence electrons. The van der Waals surface area contributed by atoms with E-state index in [1.807, 2.05) is 38.4 Å². The van der Waals surface area contributed by atoms with Gasteiger partial charge in [-0.2, -0.15) is 0 Å². The summed E-state index contributed by atoms with van der Waals surface area (Å²) in [6.07, 6.45) is 9.30. The highest BCUT2D eigenvalue weighted by Crippen LogP contribution is 2.12. The molecule has 5 heteroatoms. The van der Waals surface area contributed by atoms with Crippen LogP contribution in [-0.2, 0) is 0 Å². The van der Waals surface area contributed by atoms with Crippen LogP contribution in [-0.4, -0.2) is 28.0 Å². The highest BCUT2D eigenvalue weighted by molar-refractivity contribution is 5.85. The maximum Gasteiger partial charge on any atom is 0.145 e. The Balaban J connectivity index is 2.42. The van der Waals surface area contributed by atoms with Crippen molar-refractivity contribution in [1.29, 1.82) is 0 Å². The van der Waals surface area contributed by atoms with Gasteiger partial charge in [0, 0.05) is 19.3 Å². The molecule has 0 atom stereocenters. The van der Waals surface area contributed by atoms with Crippen LogP contribution in [0.4, 0.5) is 11.6 Å². The van der Waals surface area contributed by atoms with Gasteiger partial charge in [0.2, 0.25) is 0 Å². The molecule has 0 bridgehead atoms. The van der Waals surface area contributed by atoms with Crippen molar-refractivity contribution < 1.29 is 0 Å². The monoisotopic (exact) mass is 309 g/mol. The van der Waals surface area contributed by atoms with Gasteiger partial charge in [0.15, 0.2) is 0 Å². The Morgan fingerprint density at radius 3 is 2.61 bits per heavy atom. The lowest BCUT2D eigenvalue weighted by Crippen LogP contribution is -2.25. The average Bonchev–Trinajstić information content (AvgIpc) is 2.54. The molecule has 0 saturated heterocycles. The predicted octanol–water partition coefficient (Wildman–Crippen LogP) is 2.03. The minimum absolute atomic E-state index is 0.302. The molecular weight excluding hydrogens is 286 g/mol. The van der Waals surface area contributed by atoms with E-state index < -0.39 is 0 Å². The molecule has 0 fully saturated rings. The Morgan fingerprint density at radius 2 is 1.96 bits per heavy atom. The summed E-state index contributed by atoms with van der Waals surface area (Å²) in [7, 11) is 1.85. The first-order chi connectivity index (χ1) is 11.0.